The molecule has 4 bridgehead atoms. The van der Waals surface area contributed by atoms with E-state index in [-0.39, 0.29) is 6.10 Å². The van der Waals surface area contributed by atoms with Crippen LogP contribution in [-0.4, -0.2) is 11.2 Å². The van der Waals surface area contributed by atoms with E-state index < -0.39 is 0 Å². The Hall–Kier alpha value is -0.300. The van der Waals surface area contributed by atoms with Crippen molar-refractivity contribution in [1.29, 1.82) is 0 Å². The van der Waals surface area contributed by atoms with Crippen molar-refractivity contribution in [1.82, 2.24) is 0 Å². The van der Waals surface area contributed by atoms with E-state index in [9.17, 15) is 5.11 Å². The predicted octanol–water partition coefficient (Wildman–Crippen LogP) is 2.75. The summed E-state index contributed by atoms with van der Waals surface area (Å²) in [4.78, 5) is 0. The van der Waals surface area contributed by atoms with Crippen LogP contribution in [0, 0.1) is 23.7 Å². The van der Waals surface area contributed by atoms with Gasteiger partial charge in [-0.3, -0.25) is 0 Å². The van der Waals surface area contributed by atoms with E-state index >= 15 is 0 Å². The van der Waals surface area contributed by atoms with E-state index in [1.165, 1.54) is 32.1 Å². The van der Waals surface area contributed by atoms with E-state index in [4.69, 9.17) is 0 Å². The molecule has 0 amide bonds. The van der Waals surface area contributed by atoms with Gasteiger partial charge in [-0.05, 0) is 56.3 Å². The lowest BCUT2D eigenvalue weighted by atomic mass is 9.64. The van der Waals surface area contributed by atoms with Gasteiger partial charge >= 0.3 is 0 Å². The second-order valence-corrected chi connectivity index (χ2v) is 5.42. The Morgan fingerprint density at radius 3 is 2.86 bits per heavy atom. The van der Waals surface area contributed by atoms with Crippen LogP contribution in [0.15, 0.2) is 11.6 Å². The van der Waals surface area contributed by atoms with Crippen LogP contribution in [0.3, 0.4) is 0 Å². The van der Waals surface area contributed by atoms with Gasteiger partial charge in [-0.25, -0.2) is 0 Å². The fourth-order valence-corrected chi connectivity index (χ4v) is 4.32. The highest BCUT2D eigenvalue weighted by Gasteiger charge is 2.50. The Morgan fingerprint density at radius 1 is 1.29 bits per heavy atom. The van der Waals surface area contributed by atoms with Gasteiger partial charge in [0.15, 0.2) is 0 Å². The Balaban J connectivity index is 1.97. The van der Waals surface area contributed by atoms with Crippen LogP contribution in [0.4, 0.5) is 0 Å². The third-order valence-corrected chi connectivity index (χ3v) is 4.98. The van der Waals surface area contributed by atoms with Gasteiger partial charge in [0.2, 0.25) is 0 Å². The summed E-state index contributed by atoms with van der Waals surface area (Å²) in [6.07, 6.45) is 8.93. The number of fused-ring (bicyclic) bond motifs is 6. The maximum absolute atomic E-state index is 10.3. The number of allylic oxidation sites excluding steroid dienone is 2. The van der Waals surface area contributed by atoms with Gasteiger partial charge < -0.3 is 5.11 Å². The van der Waals surface area contributed by atoms with Gasteiger partial charge in [0.1, 0.15) is 0 Å². The normalized spacial score (nSPS) is 53.9. The summed E-state index contributed by atoms with van der Waals surface area (Å²) < 4.78 is 0. The van der Waals surface area contributed by atoms with E-state index in [0.717, 1.165) is 11.8 Å². The molecule has 0 aromatic heterocycles. The molecule has 3 aliphatic carbocycles. The van der Waals surface area contributed by atoms with Gasteiger partial charge in [-0.15, -0.1) is 0 Å². The highest BCUT2D eigenvalue weighted by molar-refractivity contribution is 5.19. The van der Waals surface area contributed by atoms with Crippen LogP contribution in [0.5, 0.6) is 0 Å². The quantitative estimate of drug-likeness (QED) is 0.585. The zero-order valence-electron chi connectivity index (χ0n) is 8.95. The highest BCUT2D eigenvalue weighted by atomic mass is 16.3. The molecule has 78 valence electrons. The van der Waals surface area contributed by atoms with Crippen molar-refractivity contribution in [2.45, 2.75) is 45.1 Å². The smallest absolute Gasteiger partial charge is 0.0605 e. The first-order valence-electron chi connectivity index (χ1n) is 6.14. The number of aliphatic hydroxyl groups excluding tert-OH is 1. The first-order chi connectivity index (χ1) is 6.81. The van der Waals surface area contributed by atoms with E-state index in [2.05, 4.69) is 13.0 Å². The summed E-state index contributed by atoms with van der Waals surface area (Å²) in [5.74, 6) is 2.82. The van der Waals surface area contributed by atoms with Crippen LogP contribution in [0.2, 0.25) is 0 Å². The lowest BCUT2D eigenvalue weighted by molar-refractivity contribution is -0.0483. The maximum Gasteiger partial charge on any atom is 0.0605 e. The summed E-state index contributed by atoms with van der Waals surface area (Å²) in [6.45, 7) is 2.17. The van der Waals surface area contributed by atoms with E-state index in [1.54, 1.807) is 5.57 Å². The van der Waals surface area contributed by atoms with Crippen LogP contribution in [-0.2, 0) is 0 Å². The molecular weight excluding hydrogens is 172 g/mol. The predicted molar refractivity (Wildman–Crippen MR) is 56.8 cm³/mol. The largest absolute Gasteiger partial charge is 0.393 e. The van der Waals surface area contributed by atoms with Crippen molar-refractivity contribution in [3.8, 4) is 0 Å². The monoisotopic (exact) mass is 192 g/mol. The molecular formula is C13H20O. The van der Waals surface area contributed by atoms with Crippen LogP contribution < -0.4 is 0 Å². The number of hydrogen-bond acceptors (Lipinski definition) is 1. The third kappa shape index (κ3) is 1.05. The molecule has 14 heavy (non-hydrogen) atoms. The van der Waals surface area contributed by atoms with E-state index in [1.807, 2.05) is 0 Å². The Labute approximate surface area is 86.2 Å². The number of rotatable bonds is 0. The number of aliphatic hydroxyl groups is 1. The zero-order chi connectivity index (χ0) is 9.71. The standard InChI is InChI=1S/C13H20O/c1-2-8-6-9-7-12(8)11-5-3-4-10(9)13(11)14/h2,9-14H,3-7H2,1H3/b8-2-. The van der Waals surface area contributed by atoms with Gasteiger partial charge in [0, 0.05) is 0 Å². The van der Waals surface area contributed by atoms with Gasteiger partial charge in [-0.2, -0.15) is 0 Å². The molecule has 0 radical (unpaired) electrons. The third-order valence-electron chi connectivity index (χ3n) is 4.98. The average Bonchev–Trinajstić information content (AvgIpc) is 2.57. The minimum Gasteiger partial charge on any atom is -0.393 e. The molecule has 0 saturated heterocycles. The minimum atomic E-state index is 0.0324. The Bertz CT molecular complexity index is 268. The van der Waals surface area contributed by atoms with Crippen molar-refractivity contribution in [2.24, 2.45) is 23.7 Å². The molecule has 5 unspecified atom stereocenters. The summed E-state index contributed by atoms with van der Waals surface area (Å²) in [5, 5.41) is 10.3. The minimum absolute atomic E-state index is 0.0324. The lowest BCUT2D eigenvalue weighted by Gasteiger charge is -2.44. The van der Waals surface area contributed by atoms with Crippen LogP contribution in [0.25, 0.3) is 0 Å². The maximum atomic E-state index is 10.3. The lowest BCUT2D eigenvalue weighted by Crippen LogP contribution is -2.43. The van der Waals surface area contributed by atoms with Crippen molar-refractivity contribution in [2.75, 3.05) is 0 Å². The topological polar surface area (TPSA) is 20.2 Å². The molecule has 0 aromatic carbocycles. The molecule has 1 N–H and O–H groups in total. The highest BCUT2D eigenvalue weighted by Crippen LogP contribution is 2.56. The second-order valence-electron chi connectivity index (χ2n) is 5.42. The van der Waals surface area contributed by atoms with Crippen LogP contribution >= 0.6 is 0 Å². The molecule has 3 saturated carbocycles. The van der Waals surface area contributed by atoms with Gasteiger partial charge in [0.25, 0.3) is 0 Å². The van der Waals surface area contributed by atoms with Gasteiger partial charge in [0.05, 0.1) is 6.10 Å². The SMILES string of the molecule is C/C=C1/CC2CC1C1CCCC2C1O. The van der Waals surface area contributed by atoms with Crippen molar-refractivity contribution in [3.63, 3.8) is 0 Å². The average molecular weight is 192 g/mol. The molecule has 3 rings (SSSR count). The zero-order valence-corrected chi connectivity index (χ0v) is 8.95. The molecule has 5 atom stereocenters. The molecule has 3 fully saturated rings. The molecule has 0 heterocycles. The molecule has 0 aliphatic heterocycles. The summed E-state index contributed by atoms with van der Waals surface area (Å²) in [6, 6.07) is 0. The Kier molecular flexibility index (Phi) is 1.98. The summed E-state index contributed by atoms with van der Waals surface area (Å²) >= 11 is 0. The van der Waals surface area contributed by atoms with Crippen molar-refractivity contribution >= 4 is 0 Å². The summed E-state index contributed by atoms with van der Waals surface area (Å²) in [5.41, 5.74) is 1.66. The first-order valence-corrected chi connectivity index (χ1v) is 6.14. The molecule has 1 heteroatoms. The Morgan fingerprint density at radius 2 is 2.07 bits per heavy atom. The van der Waals surface area contributed by atoms with Gasteiger partial charge in [-0.1, -0.05) is 18.1 Å². The fraction of sp³-hybridized carbons (Fsp3) is 0.846. The molecule has 0 aromatic rings. The number of hydrogen-bond donors (Lipinski definition) is 1. The second kappa shape index (κ2) is 3.10. The van der Waals surface area contributed by atoms with Crippen molar-refractivity contribution in [3.05, 3.63) is 11.6 Å². The molecule has 1 nitrogen and oxygen atoms in total. The summed E-state index contributed by atoms with van der Waals surface area (Å²) in [7, 11) is 0. The molecule has 0 spiro atoms. The first kappa shape index (κ1) is 8.96. The van der Waals surface area contributed by atoms with E-state index in [0.29, 0.717) is 11.8 Å². The molecule has 3 aliphatic rings. The van der Waals surface area contributed by atoms with Crippen molar-refractivity contribution < 1.29 is 5.11 Å². The van der Waals surface area contributed by atoms with Crippen LogP contribution in [0.1, 0.15) is 39.0 Å². The fourth-order valence-electron chi connectivity index (χ4n) is 4.32.